The van der Waals surface area contributed by atoms with Crippen LogP contribution in [0.15, 0.2) is 48.7 Å². The van der Waals surface area contributed by atoms with Crippen molar-refractivity contribution in [3.05, 3.63) is 54.2 Å². The van der Waals surface area contributed by atoms with Gasteiger partial charge in [-0.1, -0.05) is 37.3 Å². The number of hydrogen-bond acceptors (Lipinski definition) is 3. The Morgan fingerprint density at radius 3 is 2.63 bits per heavy atom. The average molecular weight is 362 g/mol. The Hall–Kier alpha value is -3.15. The molecule has 27 heavy (non-hydrogen) atoms. The van der Waals surface area contributed by atoms with E-state index in [9.17, 15) is 9.59 Å². The van der Waals surface area contributed by atoms with Gasteiger partial charge in [-0.15, -0.1) is 0 Å². The summed E-state index contributed by atoms with van der Waals surface area (Å²) in [6.07, 6.45) is 4.28. The van der Waals surface area contributed by atoms with E-state index >= 15 is 0 Å². The summed E-state index contributed by atoms with van der Waals surface area (Å²) in [6.45, 7) is 2.37. The van der Waals surface area contributed by atoms with Crippen LogP contribution in [-0.2, 0) is 16.1 Å². The van der Waals surface area contributed by atoms with Gasteiger partial charge in [0.2, 0.25) is 11.8 Å². The predicted molar refractivity (Wildman–Crippen MR) is 104 cm³/mol. The molecule has 6 nitrogen and oxygen atoms in total. The van der Waals surface area contributed by atoms with Gasteiger partial charge in [0.1, 0.15) is 5.65 Å². The van der Waals surface area contributed by atoms with Crippen LogP contribution in [-0.4, -0.2) is 21.2 Å². The molecule has 1 aromatic carbocycles. The molecule has 1 aliphatic rings. The van der Waals surface area contributed by atoms with Crippen molar-refractivity contribution in [1.29, 1.82) is 0 Å². The second-order valence-electron chi connectivity index (χ2n) is 6.86. The molecule has 0 radical (unpaired) electrons. The summed E-state index contributed by atoms with van der Waals surface area (Å²) in [5, 5.41) is 5.78. The van der Waals surface area contributed by atoms with E-state index in [2.05, 4.69) is 15.6 Å². The minimum Gasteiger partial charge on any atom is -0.352 e. The highest BCUT2D eigenvalue weighted by atomic mass is 16.2. The second kappa shape index (κ2) is 7.23. The first-order chi connectivity index (χ1) is 13.1. The fourth-order valence-corrected chi connectivity index (χ4v) is 3.00. The molecule has 6 heteroatoms. The summed E-state index contributed by atoms with van der Waals surface area (Å²) in [7, 11) is 0. The van der Waals surface area contributed by atoms with Crippen LogP contribution in [0.4, 0.5) is 5.82 Å². The van der Waals surface area contributed by atoms with Crippen LogP contribution in [0.3, 0.4) is 0 Å². The van der Waals surface area contributed by atoms with E-state index in [1.807, 2.05) is 60.0 Å². The van der Waals surface area contributed by atoms with E-state index in [1.54, 1.807) is 0 Å². The van der Waals surface area contributed by atoms with Crippen molar-refractivity contribution in [3.8, 4) is 11.3 Å². The zero-order valence-corrected chi connectivity index (χ0v) is 15.2. The Bertz CT molecular complexity index is 987. The van der Waals surface area contributed by atoms with Gasteiger partial charge >= 0.3 is 0 Å². The molecule has 0 saturated heterocycles. The molecule has 2 heterocycles. The Balaban J connectivity index is 1.56. The van der Waals surface area contributed by atoms with Crippen LogP contribution in [0, 0.1) is 5.92 Å². The molecule has 0 unspecified atom stereocenters. The number of hydrogen-bond donors (Lipinski definition) is 2. The van der Waals surface area contributed by atoms with Gasteiger partial charge in [0, 0.05) is 18.9 Å². The van der Waals surface area contributed by atoms with Gasteiger partial charge in [-0.05, 0) is 36.1 Å². The Labute approximate surface area is 157 Å². The smallest absolute Gasteiger partial charge is 0.228 e. The largest absolute Gasteiger partial charge is 0.352 e. The summed E-state index contributed by atoms with van der Waals surface area (Å²) in [5.41, 5.74) is 3.88. The number of aromatic nitrogens is 2. The maximum absolute atomic E-state index is 12.0. The van der Waals surface area contributed by atoms with Gasteiger partial charge < -0.3 is 10.6 Å². The molecule has 3 aromatic rings. The molecular weight excluding hydrogens is 340 g/mol. The monoisotopic (exact) mass is 362 g/mol. The molecule has 4 rings (SSSR count). The van der Waals surface area contributed by atoms with Crippen molar-refractivity contribution in [1.82, 2.24) is 14.7 Å². The molecule has 2 N–H and O–H groups in total. The lowest BCUT2D eigenvalue weighted by Crippen LogP contribution is -2.21. The standard InChI is InChI=1S/C21H22N4O2/c1-2-20(26)22-12-14-6-8-15(9-7-14)17-4-3-5-19-23-18(13-25(17)19)24-21(27)16-10-11-16/h3-9,13,16H,2,10-12H2,1H3,(H,22,26)(H,24,27). The highest BCUT2D eigenvalue weighted by molar-refractivity contribution is 5.93. The van der Waals surface area contributed by atoms with Crippen molar-refractivity contribution < 1.29 is 9.59 Å². The summed E-state index contributed by atoms with van der Waals surface area (Å²) in [5.74, 6) is 0.828. The zero-order chi connectivity index (χ0) is 18.8. The van der Waals surface area contributed by atoms with E-state index in [4.69, 9.17) is 0 Å². The Kier molecular flexibility index (Phi) is 4.62. The number of amides is 2. The van der Waals surface area contributed by atoms with Crippen molar-refractivity contribution in [2.75, 3.05) is 5.32 Å². The van der Waals surface area contributed by atoms with Gasteiger partial charge in [0.05, 0.1) is 11.9 Å². The third kappa shape index (κ3) is 3.84. The molecule has 0 bridgehead atoms. The first-order valence-corrected chi connectivity index (χ1v) is 9.29. The number of rotatable bonds is 6. The number of imidazole rings is 1. The van der Waals surface area contributed by atoms with E-state index in [0.29, 0.717) is 18.8 Å². The fourth-order valence-electron chi connectivity index (χ4n) is 3.00. The molecule has 1 aliphatic carbocycles. The van der Waals surface area contributed by atoms with Crippen LogP contribution in [0.5, 0.6) is 0 Å². The number of fused-ring (bicyclic) bond motifs is 1. The predicted octanol–water partition coefficient (Wildman–Crippen LogP) is 3.38. The maximum Gasteiger partial charge on any atom is 0.228 e. The lowest BCUT2D eigenvalue weighted by Gasteiger charge is -2.08. The first-order valence-electron chi connectivity index (χ1n) is 9.29. The van der Waals surface area contributed by atoms with E-state index < -0.39 is 0 Å². The molecule has 0 atom stereocenters. The van der Waals surface area contributed by atoms with Crippen LogP contribution in [0.25, 0.3) is 16.9 Å². The molecule has 0 aliphatic heterocycles. The lowest BCUT2D eigenvalue weighted by atomic mass is 10.1. The van der Waals surface area contributed by atoms with Gasteiger partial charge in [-0.2, -0.15) is 0 Å². The van der Waals surface area contributed by atoms with Crippen molar-refractivity contribution in [3.63, 3.8) is 0 Å². The number of nitrogens with zero attached hydrogens (tertiary/aromatic N) is 2. The number of nitrogens with one attached hydrogen (secondary N) is 2. The number of anilines is 1. The number of carbonyl (C=O) groups excluding carboxylic acids is 2. The summed E-state index contributed by atoms with van der Waals surface area (Å²) in [6, 6.07) is 14.0. The Morgan fingerprint density at radius 2 is 1.93 bits per heavy atom. The number of benzene rings is 1. The van der Waals surface area contributed by atoms with E-state index in [-0.39, 0.29) is 17.7 Å². The lowest BCUT2D eigenvalue weighted by molar-refractivity contribution is -0.121. The molecule has 0 spiro atoms. The normalized spacial score (nSPS) is 13.5. The van der Waals surface area contributed by atoms with Crippen LogP contribution < -0.4 is 10.6 Å². The van der Waals surface area contributed by atoms with Gasteiger partial charge in [0.15, 0.2) is 5.82 Å². The van der Waals surface area contributed by atoms with Gasteiger partial charge in [-0.25, -0.2) is 4.98 Å². The summed E-state index contributed by atoms with van der Waals surface area (Å²) in [4.78, 5) is 27.9. The first kappa shape index (κ1) is 17.3. The van der Waals surface area contributed by atoms with Crippen LogP contribution >= 0.6 is 0 Å². The molecule has 138 valence electrons. The van der Waals surface area contributed by atoms with Gasteiger partial charge in [-0.3, -0.25) is 14.0 Å². The van der Waals surface area contributed by atoms with Crippen LogP contribution in [0.2, 0.25) is 0 Å². The third-order valence-corrected chi connectivity index (χ3v) is 4.75. The number of pyridine rings is 1. The maximum atomic E-state index is 12.0. The van der Waals surface area contributed by atoms with Gasteiger partial charge in [0.25, 0.3) is 0 Å². The molecule has 2 amide bonds. The topological polar surface area (TPSA) is 75.5 Å². The third-order valence-electron chi connectivity index (χ3n) is 4.75. The van der Waals surface area contributed by atoms with Crippen molar-refractivity contribution in [2.45, 2.75) is 32.7 Å². The second-order valence-corrected chi connectivity index (χ2v) is 6.86. The van der Waals surface area contributed by atoms with Crippen LogP contribution in [0.1, 0.15) is 31.7 Å². The number of carbonyl (C=O) groups is 2. The minimum atomic E-state index is 0.0445. The quantitative estimate of drug-likeness (QED) is 0.706. The SMILES string of the molecule is CCC(=O)NCc1ccc(-c2cccc3nc(NC(=O)C4CC4)cn23)cc1. The zero-order valence-electron chi connectivity index (χ0n) is 15.2. The molecule has 2 aromatic heterocycles. The average Bonchev–Trinajstić information content (AvgIpc) is 3.46. The van der Waals surface area contributed by atoms with E-state index in [1.165, 1.54) is 0 Å². The highest BCUT2D eigenvalue weighted by Crippen LogP contribution is 2.30. The molecule has 1 fully saturated rings. The molecular formula is C21H22N4O2. The fraction of sp³-hybridized carbons (Fsp3) is 0.286. The Morgan fingerprint density at radius 1 is 1.15 bits per heavy atom. The highest BCUT2D eigenvalue weighted by Gasteiger charge is 2.30. The van der Waals surface area contributed by atoms with Crippen molar-refractivity contribution >= 4 is 23.3 Å². The minimum absolute atomic E-state index is 0.0445. The summed E-state index contributed by atoms with van der Waals surface area (Å²) >= 11 is 0. The van der Waals surface area contributed by atoms with Crippen molar-refractivity contribution in [2.24, 2.45) is 5.92 Å². The summed E-state index contributed by atoms with van der Waals surface area (Å²) < 4.78 is 1.98. The van der Waals surface area contributed by atoms with E-state index in [0.717, 1.165) is 35.3 Å². The molecule has 1 saturated carbocycles.